The van der Waals surface area contributed by atoms with Crippen molar-refractivity contribution in [2.45, 2.75) is 121 Å². The van der Waals surface area contributed by atoms with Gasteiger partial charge >= 0.3 is 0 Å². The summed E-state index contributed by atoms with van der Waals surface area (Å²) in [6.07, 6.45) is -8.34. The topological polar surface area (TPSA) is 325 Å². The molecule has 0 aromatic heterocycles. The van der Waals surface area contributed by atoms with Crippen LogP contribution in [0.15, 0.2) is 102 Å². The van der Waals surface area contributed by atoms with E-state index in [9.17, 15) is 69.0 Å². The first-order chi connectivity index (χ1) is 36.6. The molecule has 3 aliphatic heterocycles. The third-order valence-electron chi connectivity index (χ3n) is 14.2. The van der Waals surface area contributed by atoms with Crippen LogP contribution in [-0.2, 0) is 35.2 Å². The van der Waals surface area contributed by atoms with Gasteiger partial charge in [-0.25, -0.2) is 4.99 Å². The molecule has 3 heterocycles. The molecule has 11 atom stereocenters. The fourth-order valence-electron chi connectivity index (χ4n) is 9.74. The van der Waals surface area contributed by atoms with Gasteiger partial charge in [0, 0.05) is 49.5 Å². The number of hydrogen-bond donors (Lipinski definition) is 10. The van der Waals surface area contributed by atoms with Crippen molar-refractivity contribution in [3.63, 3.8) is 0 Å². The van der Waals surface area contributed by atoms with E-state index in [1.165, 1.54) is 57.2 Å². The van der Waals surface area contributed by atoms with Crippen LogP contribution in [0.3, 0.4) is 0 Å². The first-order valence-corrected chi connectivity index (χ1v) is 25.5. The maximum absolute atomic E-state index is 14.4. The number of phenolic OH excluding ortho intramolecular Hbond substituents is 1. The molecule has 0 radical (unpaired) electrons. The lowest BCUT2D eigenvalue weighted by atomic mass is 9.98. The average molecular weight is 1060 g/mol. The summed E-state index contributed by atoms with van der Waals surface area (Å²) in [4.78, 5) is 117. The Morgan fingerprint density at radius 1 is 0.649 bits per heavy atom. The summed E-state index contributed by atoms with van der Waals surface area (Å²) in [5.74, 6) is -7.65. The number of fused-ring (bicyclic) bond motifs is 2. The van der Waals surface area contributed by atoms with Crippen LogP contribution in [0, 0.1) is 5.92 Å². The minimum Gasteiger partial charge on any atom is -0.508 e. The molecule has 21 nitrogen and oxygen atoms in total. The maximum Gasteiger partial charge on any atom is 0.277 e. The molecule has 4 aromatic carbocycles. The van der Waals surface area contributed by atoms with Gasteiger partial charge in [-0.3, -0.25) is 38.4 Å². The number of carbonyl (C=O) groups excluding carboxylic acids is 8. The number of nitrogens with zero attached hydrogens (tertiary/aromatic N) is 3. The zero-order valence-electron chi connectivity index (χ0n) is 43.0. The molecule has 0 spiro atoms. The van der Waals surface area contributed by atoms with Crippen LogP contribution < -0.4 is 21.3 Å². The molecule has 21 heteroatoms. The Bertz CT molecular complexity index is 2860. The minimum absolute atomic E-state index is 0.0343. The Morgan fingerprint density at radius 2 is 1.17 bits per heavy atom. The molecular formula is C56H65N7O14. The van der Waals surface area contributed by atoms with E-state index in [0.717, 1.165) is 32.1 Å². The highest BCUT2D eigenvalue weighted by atomic mass is 16.3. The third-order valence-corrected chi connectivity index (χ3v) is 14.2. The highest BCUT2D eigenvalue weighted by Crippen LogP contribution is 2.28. The van der Waals surface area contributed by atoms with Gasteiger partial charge in [-0.1, -0.05) is 79.7 Å². The van der Waals surface area contributed by atoms with Crippen LogP contribution in [0.5, 0.6) is 5.75 Å². The molecule has 10 N–H and O–H groups in total. The van der Waals surface area contributed by atoms with Gasteiger partial charge in [0.05, 0.1) is 30.5 Å². The fourth-order valence-corrected chi connectivity index (χ4v) is 9.74. The summed E-state index contributed by atoms with van der Waals surface area (Å²) in [6.45, 7) is 4.81. The lowest BCUT2D eigenvalue weighted by molar-refractivity contribution is -0.147. The van der Waals surface area contributed by atoms with E-state index < -0.39 is 121 Å². The standard InChI is InChI=1S/C56H65N7O14/c1-29-27-63-48(49(29)70)54(75)57-24-6-5-7-42(58-50(71)39-20-18-38(19-21-39)37-16-14-36(15-17-37)35-12-10-34(11-13-35)30(2)64)51(72)59-45(31(3)65)55(76)62-28-41(68)26-43(62)52(73)61-47(53(74)60-46(32(4)66)56(63)77)44(69)25-33-8-22-40(67)23-9-33/h8-23,29,31-32,41,43-49,65-70H,5-7,24-28H2,1-4H3,(H,57,75)(H,59,72)(H,60,74)(H,61,73)/t29-,31?,32?,41+,43?,44+,45?,46-,47?,48?,49-/m0/s1. The first-order valence-electron chi connectivity index (χ1n) is 25.5. The van der Waals surface area contributed by atoms with Crippen molar-refractivity contribution in [3.05, 3.63) is 114 Å². The minimum atomic E-state index is -1.92. The number of Topliss-reactive ketones (excluding diaryl/α,β-unsaturated/α-hetero) is 1. The predicted octanol–water partition coefficient (Wildman–Crippen LogP) is 0.799. The van der Waals surface area contributed by atoms with Crippen LogP contribution in [-0.4, -0.2) is 174 Å². The smallest absolute Gasteiger partial charge is 0.277 e. The lowest BCUT2D eigenvalue weighted by Crippen LogP contribution is -2.63. The van der Waals surface area contributed by atoms with Crippen LogP contribution in [0.25, 0.3) is 22.3 Å². The van der Waals surface area contributed by atoms with E-state index in [1.807, 2.05) is 36.4 Å². The van der Waals surface area contributed by atoms with Crippen molar-refractivity contribution in [2.75, 3.05) is 19.6 Å². The SMILES string of the molecule is CC(=O)c1ccc(-c2ccc(-c3ccc(C(=O)N=C4CCCCNC(=O)C5[C@@H](O)[C@@H](C)CN5C(=O)[C@H](C(C)O)NC(=O)C([C@H](O)Cc5ccc(O)cc5)NC(=O)C5C[C@@H](O)CN5C(=O)C(C(C)O)NC4=O)cc3)cc2)cc1. The van der Waals surface area contributed by atoms with Crippen LogP contribution in [0.4, 0.5) is 0 Å². The van der Waals surface area contributed by atoms with Crippen LogP contribution in [0.2, 0.25) is 0 Å². The van der Waals surface area contributed by atoms with Gasteiger partial charge in [-0.15, -0.1) is 0 Å². The second-order valence-corrected chi connectivity index (χ2v) is 20.0. The summed E-state index contributed by atoms with van der Waals surface area (Å²) < 4.78 is 0. The van der Waals surface area contributed by atoms with E-state index in [4.69, 9.17) is 0 Å². The molecule has 0 saturated carbocycles. The Hall–Kier alpha value is -7.69. The average Bonchev–Trinajstić information content (AvgIpc) is 3.95. The molecule has 3 aliphatic rings. The Morgan fingerprint density at radius 3 is 1.73 bits per heavy atom. The summed E-state index contributed by atoms with van der Waals surface area (Å²) in [6, 6.07) is 18.4. The first kappa shape index (κ1) is 57.0. The zero-order valence-corrected chi connectivity index (χ0v) is 43.0. The molecule has 0 aliphatic carbocycles. The van der Waals surface area contributed by atoms with Gasteiger partial charge in [-0.05, 0) is 92.1 Å². The normalized spacial score (nSPS) is 26.0. The second-order valence-electron chi connectivity index (χ2n) is 20.0. The number of aliphatic hydroxyl groups is 5. The molecule has 3 saturated heterocycles. The number of amides is 7. The van der Waals surface area contributed by atoms with Crippen LogP contribution in [0.1, 0.15) is 79.7 Å². The van der Waals surface area contributed by atoms with E-state index in [1.54, 1.807) is 31.2 Å². The molecule has 3 fully saturated rings. The van der Waals surface area contributed by atoms with Gasteiger partial charge in [0.2, 0.25) is 29.5 Å². The number of phenols is 1. The number of ketones is 1. The summed E-state index contributed by atoms with van der Waals surface area (Å²) in [7, 11) is 0. The number of nitrogens with one attached hydrogen (secondary N) is 4. The summed E-state index contributed by atoms with van der Waals surface area (Å²) in [5.41, 5.74) is 4.18. The molecule has 4 aromatic rings. The molecular weight excluding hydrogens is 995 g/mol. The molecule has 77 heavy (non-hydrogen) atoms. The number of hydrogen-bond acceptors (Lipinski definition) is 14. The van der Waals surface area contributed by atoms with Gasteiger partial charge in [0.1, 0.15) is 41.7 Å². The number of aromatic hydroxyl groups is 1. The highest BCUT2D eigenvalue weighted by Gasteiger charge is 2.49. The molecule has 408 valence electrons. The maximum atomic E-state index is 14.4. The van der Waals surface area contributed by atoms with E-state index in [0.29, 0.717) is 11.1 Å². The predicted molar refractivity (Wildman–Crippen MR) is 280 cm³/mol. The molecule has 7 amide bonds. The number of carbonyl (C=O) groups is 8. The highest BCUT2D eigenvalue weighted by molar-refractivity contribution is 6.41. The number of benzene rings is 4. The second kappa shape index (κ2) is 25.0. The number of rotatable bonds is 9. The number of aliphatic imine (C=N–C) groups is 1. The van der Waals surface area contributed by atoms with E-state index >= 15 is 0 Å². The van der Waals surface area contributed by atoms with Gasteiger partial charge in [-0.2, -0.15) is 0 Å². The third kappa shape index (κ3) is 13.7. The molecule has 0 bridgehead atoms. The Labute approximate surface area is 444 Å². The largest absolute Gasteiger partial charge is 0.508 e. The van der Waals surface area contributed by atoms with Crippen LogP contribution >= 0.6 is 0 Å². The van der Waals surface area contributed by atoms with Crippen molar-refractivity contribution < 1.29 is 69.0 Å². The van der Waals surface area contributed by atoms with E-state index in [-0.39, 0.29) is 61.6 Å². The Balaban J connectivity index is 1.18. The van der Waals surface area contributed by atoms with Crippen molar-refractivity contribution >= 4 is 52.8 Å². The lowest BCUT2D eigenvalue weighted by Gasteiger charge is -2.33. The van der Waals surface area contributed by atoms with Gasteiger partial charge < -0.3 is 61.7 Å². The fraction of sp³-hybridized carbons (Fsp3) is 0.411. The van der Waals surface area contributed by atoms with Gasteiger partial charge in [0.25, 0.3) is 11.8 Å². The van der Waals surface area contributed by atoms with Crippen molar-refractivity contribution in [1.29, 1.82) is 0 Å². The Kier molecular flexibility index (Phi) is 18.5. The molecule has 6 unspecified atom stereocenters. The van der Waals surface area contributed by atoms with Crippen molar-refractivity contribution in [2.24, 2.45) is 10.9 Å². The molecule has 7 rings (SSSR count). The monoisotopic (exact) mass is 1060 g/mol. The van der Waals surface area contributed by atoms with E-state index in [2.05, 4.69) is 26.3 Å². The number of aliphatic hydroxyl groups excluding tert-OH is 5. The summed E-state index contributed by atoms with van der Waals surface area (Å²) >= 11 is 0. The zero-order chi connectivity index (χ0) is 55.8. The summed E-state index contributed by atoms with van der Waals surface area (Å²) in [5, 5.41) is 75.5. The quantitative estimate of drug-likeness (QED) is 0.104. The van der Waals surface area contributed by atoms with Crippen molar-refractivity contribution in [3.8, 4) is 28.0 Å². The van der Waals surface area contributed by atoms with Crippen molar-refractivity contribution in [1.82, 2.24) is 31.1 Å². The van der Waals surface area contributed by atoms with Gasteiger partial charge in [0.15, 0.2) is 5.78 Å².